The fourth-order valence-corrected chi connectivity index (χ4v) is 5.15. The second-order valence-corrected chi connectivity index (χ2v) is 10.7. The summed E-state index contributed by atoms with van der Waals surface area (Å²) in [4.78, 5) is 31.4. The Morgan fingerprint density at radius 2 is 1.85 bits per heavy atom. The van der Waals surface area contributed by atoms with E-state index in [0.29, 0.717) is 43.5 Å². The smallest absolute Gasteiger partial charge is 0.242 e. The predicted molar refractivity (Wildman–Crippen MR) is 136 cm³/mol. The Hall–Kier alpha value is -2.54. The number of thiophene rings is 1. The Kier molecular flexibility index (Phi) is 9.39. The highest BCUT2D eigenvalue weighted by Gasteiger charge is 2.33. The van der Waals surface area contributed by atoms with Crippen LogP contribution in [0.4, 0.5) is 0 Å². The normalized spacial score (nSPS) is 15.4. The Bertz CT molecular complexity index is 956. The van der Waals surface area contributed by atoms with Gasteiger partial charge in [-0.1, -0.05) is 39.8 Å². The number of carbonyl (C=O) groups is 2. The standard InChI is InChI=1S/C27H38N2O4S/c1-19(2)10-13-28(26(30)16-20(3)4)17-27(31)29-14-11-25-21(12-15-34-25)22(29)18-33-24-9-7-6-8-23(24)32-5/h6-9,12,15,19-20,22H,10-11,13-14,16-18H2,1-5H3/t22-/m1/s1. The van der Waals surface area contributed by atoms with Crippen molar-refractivity contribution in [1.29, 1.82) is 0 Å². The van der Waals surface area contributed by atoms with Gasteiger partial charge in [-0.2, -0.15) is 0 Å². The summed E-state index contributed by atoms with van der Waals surface area (Å²) >= 11 is 1.73. The molecule has 1 aromatic heterocycles. The number of methoxy groups -OCH3 is 1. The van der Waals surface area contributed by atoms with E-state index in [1.807, 2.05) is 43.0 Å². The molecule has 0 radical (unpaired) electrons. The predicted octanol–water partition coefficient (Wildman–Crippen LogP) is 5.18. The van der Waals surface area contributed by atoms with Crippen LogP contribution in [0, 0.1) is 11.8 Å². The lowest BCUT2D eigenvalue weighted by Crippen LogP contribution is -2.48. The van der Waals surface area contributed by atoms with E-state index in [-0.39, 0.29) is 30.3 Å². The SMILES string of the molecule is COc1ccccc1OC[C@@H]1c2ccsc2CCN1C(=O)CN(CCC(C)C)C(=O)CC(C)C. The van der Waals surface area contributed by atoms with Crippen molar-refractivity contribution >= 4 is 23.2 Å². The van der Waals surface area contributed by atoms with Crippen molar-refractivity contribution in [3.8, 4) is 11.5 Å². The highest BCUT2D eigenvalue weighted by atomic mass is 32.1. The van der Waals surface area contributed by atoms with Crippen LogP contribution in [0.5, 0.6) is 11.5 Å². The van der Waals surface area contributed by atoms with Crippen LogP contribution in [-0.4, -0.2) is 55.0 Å². The van der Waals surface area contributed by atoms with Gasteiger partial charge in [0.15, 0.2) is 11.5 Å². The Balaban J connectivity index is 1.77. The Morgan fingerprint density at radius 1 is 1.12 bits per heavy atom. The van der Waals surface area contributed by atoms with Gasteiger partial charge in [-0.25, -0.2) is 0 Å². The van der Waals surface area contributed by atoms with Crippen molar-refractivity contribution in [2.75, 3.05) is 33.4 Å². The van der Waals surface area contributed by atoms with Crippen LogP contribution in [0.15, 0.2) is 35.7 Å². The molecule has 0 saturated heterocycles. The molecule has 3 rings (SSSR count). The summed E-state index contributed by atoms with van der Waals surface area (Å²) in [5.41, 5.74) is 1.14. The van der Waals surface area contributed by atoms with Crippen molar-refractivity contribution in [3.63, 3.8) is 0 Å². The maximum absolute atomic E-state index is 13.6. The lowest BCUT2D eigenvalue weighted by molar-refractivity contribution is -0.143. The monoisotopic (exact) mass is 486 g/mol. The Morgan fingerprint density at radius 3 is 2.53 bits per heavy atom. The minimum atomic E-state index is -0.195. The summed E-state index contributed by atoms with van der Waals surface area (Å²) in [5, 5.41) is 2.08. The van der Waals surface area contributed by atoms with E-state index >= 15 is 0 Å². The summed E-state index contributed by atoms with van der Waals surface area (Å²) in [5.74, 6) is 2.08. The van der Waals surface area contributed by atoms with E-state index in [4.69, 9.17) is 9.47 Å². The molecule has 0 saturated carbocycles. The molecular formula is C27H38N2O4S. The largest absolute Gasteiger partial charge is 0.493 e. The van der Waals surface area contributed by atoms with Crippen LogP contribution in [-0.2, 0) is 16.0 Å². The number of rotatable bonds is 11. The van der Waals surface area contributed by atoms with Crippen molar-refractivity contribution < 1.29 is 19.1 Å². The zero-order valence-electron chi connectivity index (χ0n) is 21.1. The molecule has 2 aromatic rings. The number of carbonyl (C=O) groups excluding carboxylic acids is 2. The fourth-order valence-electron chi connectivity index (χ4n) is 4.22. The van der Waals surface area contributed by atoms with E-state index in [1.165, 1.54) is 4.88 Å². The second kappa shape index (κ2) is 12.2. The van der Waals surface area contributed by atoms with Gasteiger partial charge in [0.25, 0.3) is 0 Å². The summed E-state index contributed by atoms with van der Waals surface area (Å²) in [6, 6.07) is 9.45. The number of nitrogens with zero attached hydrogens (tertiary/aromatic N) is 2. The van der Waals surface area contributed by atoms with Crippen LogP contribution in [0.2, 0.25) is 0 Å². The number of para-hydroxylation sites is 2. The van der Waals surface area contributed by atoms with Gasteiger partial charge in [0.2, 0.25) is 11.8 Å². The first-order valence-corrected chi connectivity index (χ1v) is 13.1. The maximum Gasteiger partial charge on any atom is 0.242 e. The molecule has 0 unspecified atom stereocenters. The molecule has 0 aliphatic carbocycles. The molecule has 2 amide bonds. The van der Waals surface area contributed by atoms with E-state index in [9.17, 15) is 9.59 Å². The third-order valence-corrected chi connectivity index (χ3v) is 7.12. The molecule has 186 valence electrons. The molecule has 1 aliphatic heterocycles. The second-order valence-electron chi connectivity index (χ2n) is 9.71. The molecule has 7 heteroatoms. The molecular weight excluding hydrogens is 448 g/mol. The van der Waals surface area contributed by atoms with Gasteiger partial charge in [-0.05, 0) is 53.8 Å². The topological polar surface area (TPSA) is 59.1 Å². The molecule has 1 aromatic carbocycles. The third-order valence-electron chi connectivity index (χ3n) is 6.12. The van der Waals surface area contributed by atoms with E-state index in [2.05, 4.69) is 25.3 Å². The average Bonchev–Trinajstić information content (AvgIpc) is 3.28. The van der Waals surface area contributed by atoms with Gasteiger partial charge < -0.3 is 19.3 Å². The van der Waals surface area contributed by atoms with Crippen LogP contribution in [0.1, 0.15) is 57.0 Å². The minimum Gasteiger partial charge on any atom is -0.493 e. The molecule has 1 aliphatic rings. The molecule has 1 atom stereocenters. The van der Waals surface area contributed by atoms with E-state index < -0.39 is 0 Å². The van der Waals surface area contributed by atoms with Crippen molar-refractivity contribution in [3.05, 3.63) is 46.2 Å². The zero-order valence-corrected chi connectivity index (χ0v) is 21.9. The van der Waals surface area contributed by atoms with Crippen LogP contribution in [0.25, 0.3) is 0 Å². The Labute approximate surface area is 207 Å². The van der Waals surface area contributed by atoms with Crippen molar-refractivity contribution in [2.45, 2.75) is 53.0 Å². The highest BCUT2D eigenvalue weighted by Crippen LogP contribution is 2.35. The first kappa shape index (κ1) is 26.1. The molecule has 0 bridgehead atoms. The minimum absolute atomic E-state index is 0.0219. The molecule has 6 nitrogen and oxygen atoms in total. The molecule has 34 heavy (non-hydrogen) atoms. The third kappa shape index (κ3) is 6.75. The lowest BCUT2D eigenvalue weighted by atomic mass is 10.00. The number of fused-ring (bicyclic) bond motifs is 1. The van der Waals surface area contributed by atoms with Crippen LogP contribution >= 0.6 is 11.3 Å². The number of hydrogen-bond donors (Lipinski definition) is 0. The van der Waals surface area contributed by atoms with Crippen molar-refractivity contribution in [1.82, 2.24) is 9.80 Å². The average molecular weight is 487 g/mol. The summed E-state index contributed by atoms with van der Waals surface area (Å²) in [6.07, 6.45) is 2.17. The number of ether oxygens (including phenoxy) is 2. The summed E-state index contributed by atoms with van der Waals surface area (Å²) in [6.45, 7) is 10.0. The van der Waals surface area contributed by atoms with Gasteiger partial charge >= 0.3 is 0 Å². The van der Waals surface area contributed by atoms with E-state index in [1.54, 1.807) is 23.3 Å². The number of hydrogen-bond acceptors (Lipinski definition) is 5. The molecule has 0 spiro atoms. The lowest BCUT2D eigenvalue weighted by Gasteiger charge is -2.37. The maximum atomic E-state index is 13.6. The van der Waals surface area contributed by atoms with Crippen LogP contribution < -0.4 is 9.47 Å². The first-order valence-electron chi connectivity index (χ1n) is 12.2. The molecule has 2 heterocycles. The van der Waals surface area contributed by atoms with Gasteiger partial charge in [0, 0.05) is 24.4 Å². The van der Waals surface area contributed by atoms with Gasteiger partial charge in [-0.15, -0.1) is 11.3 Å². The zero-order chi connectivity index (χ0) is 24.7. The quantitative estimate of drug-likeness (QED) is 0.439. The fraction of sp³-hybridized carbons (Fsp3) is 0.556. The number of benzene rings is 1. The number of amides is 2. The highest BCUT2D eigenvalue weighted by molar-refractivity contribution is 7.10. The van der Waals surface area contributed by atoms with Crippen molar-refractivity contribution in [2.24, 2.45) is 11.8 Å². The summed E-state index contributed by atoms with van der Waals surface area (Å²) in [7, 11) is 1.62. The summed E-state index contributed by atoms with van der Waals surface area (Å²) < 4.78 is 11.6. The first-order chi connectivity index (χ1) is 16.3. The van der Waals surface area contributed by atoms with Gasteiger partial charge in [0.1, 0.15) is 6.61 Å². The van der Waals surface area contributed by atoms with E-state index in [0.717, 1.165) is 18.4 Å². The van der Waals surface area contributed by atoms with Crippen LogP contribution in [0.3, 0.4) is 0 Å². The van der Waals surface area contributed by atoms with Gasteiger partial charge in [0.05, 0.1) is 19.7 Å². The molecule has 0 fully saturated rings. The van der Waals surface area contributed by atoms with Gasteiger partial charge in [-0.3, -0.25) is 9.59 Å². The molecule has 0 N–H and O–H groups in total.